The molecule has 0 aromatic heterocycles. The summed E-state index contributed by atoms with van der Waals surface area (Å²) in [6.45, 7) is 1.83. The normalized spacial score (nSPS) is 29.4. The molecule has 0 aromatic rings. The molecule has 0 aliphatic heterocycles. The van der Waals surface area contributed by atoms with E-state index in [4.69, 9.17) is 16.7 Å². The molecule has 0 spiro atoms. The summed E-state index contributed by atoms with van der Waals surface area (Å²) in [4.78, 5) is 10.6. The van der Waals surface area contributed by atoms with Crippen LogP contribution in [-0.2, 0) is 4.79 Å². The molecule has 0 bridgehead atoms. The fourth-order valence-corrected chi connectivity index (χ4v) is 4.89. The molecule has 5 heteroatoms. The van der Waals surface area contributed by atoms with Gasteiger partial charge in [0.15, 0.2) is 0 Å². The Hall–Kier alpha value is -1.02. The first-order valence-electron chi connectivity index (χ1n) is 10.7. The number of carbonyl (C=O) groups is 1. The number of hydrogen-bond donors (Lipinski definition) is 3. The molecule has 1 unspecified atom stereocenters. The molecule has 2 fully saturated rings. The van der Waals surface area contributed by atoms with Gasteiger partial charge in [0.25, 0.3) is 0 Å². The van der Waals surface area contributed by atoms with E-state index in [0.29, 0.717) is 12.8 Å². The van der Waals surface area contributed by atoms with Crippen LogP contribution in [0.1, 0.15) is 77.6 Å². The van der Waals surface area contributed by atoms with Crippen LogP contribution >= 0.6 is 11.6 Å². The third-order valence-corrected chi connectivity index (χ3v) is 6.98. The number of carboxylic acid groups (broad SMARTS) is 1. The van der Waals surface area contributed by atoms with Gasteiger partial charge in [-0.2, -0.15) is 0 Å². The number of aliphatic carboxylic acids is 1. The minimum Gasteiger partial charge on any atom is -0.481 e. The van der Waals surface area contributed by atoms with Crippen molar-refractivity contribution in [2.45, 2.75) is 95.1 Å². The van der Waals surface area contributed by atoms with Gasteiger partial charge >= 0.3 is 5.97 Å². The Morgan fingerprint density at radius 3 is 2.64 bits per heavy atom. The zero-order valence-electron chi connectivity index (χ0n) is 16.9. The molecule has 0 saturated heterocycles. The fourth-order valence-electron chi connectivity index (χ4n) is 4.41. The largest absolute Gasteiger partial charge is 0.481 e. The lowest BCUT2D eigenvalue weighted by molar-refractivity contribution is -0.137. The van der Waals surface area contributed by atoms with Crippen molar-refractivity contribution in [1.29, 1.82) is 0 Å². The van der Waals surface area contributed by atoms with E-state index in [2.05, 4.69) is 17.9 Å². The monoisotopic (exact) mass is 410 g/mol. The number of carboxylic acids is 1. The Morgan fingerprint density at radius 2 is 2.00 bits per heavy atom. The van der Waals surface area contributed by atoms with E-state index in [1.807, 2.05) is 13.0 Å². The fraction of sp³-hybridized carbons (Fsp3) is 0.783. The molecule has 0 aromatic carbocycles. The highest BCUT2D eigenvalue weighted by Gasteiger charge is 2.47. The highest BCUT2D eigenvalue weighted by molar-refractivity contribution is 6.21. The summed E-state index contributed by atoms with van der Waals surface area (Å²) >= 11 is 6.49. The number of alkyl halides is 1. The average molecular weight is 411 g/mol. The minimum atomic E-state index is -0.734. The minimum absolute atomic E-state index is 0.0218. The molecule has 158 valence electrons. The van der Waals surface area contributed by atoms with E-state index in [1.54, 1.807) is 0 Å². The van der Waals surface area contributed by atoms with Crippen LogP contribution in [0.2, 0.25) is 0 Å². The van der Waals surface area contributed by atoms with Gasteiger partial charge in [-0.15, -0.1) is 23.4 Å². The third kappa shape index (κ3) is 6.79. The van der Waals surface area contributed by atoms with E-state index >= 15 is 0 Å². The first-order valence-corrected chi connectivity index (χ1v) is 11.1. The summed E-state index contributed by atoms with van der Waals surface area (Å²) in [6.07, 6.45) is 12.2. The Morgan fingerprint density at radius 1 is 1.29 bits per heavy atom. The smallest absolute Gasteiger partial charge is 0.303 e. The summed E-state index contributed by atoms with van der Waals surface area (Å²) in [5.41, 5.74) is -0.0218. The molecule has 5 atom stereocenters. The van der Waals surface area contributed by atoms with Crippen molar-refractivity contribution in [3.8, 4) is 11.8 Å². The standard InChI is InChI=1S/C23H35ClO4/c1-2-3-13-23(14-15-23)21(26)11-8-10-18-17(19(24)16-20(18)25)9-6-4-5-7-12-22(27)28/h8,10,17-21,25-26H,4-7,9,11-16H2,1H3,(H,27,28)/b10-8+/t17-,18-,19-,20-,21?/m1/s1. The van der Waals surface area contributed by atoms with Crippen molar-refractivity contribution in [1.82, 2.24) is 0 Å². The number of aliphatic hydroxyl groups excluding tert-OH is 2. The molecule has 0 radical (unpaired) electrons. The molecule has 28 heavy (non-hydrogen) atoms. The molecule has 2 aliphatic carbocycles. The van der Waals surface area contributed by atoms with Crippen molar-refractivity contribution in [2.75, 3.05) is 0 Å². The number of aliphatic hydroxyl groups is 2. The van der Waals surface area contributed by atoms with Crippen LogP contribution in [0.3, 0.4) is 0 Å². The first kappa shape index (κ1) is 23.3. The van der Waals surface area contributed by atoms with Crippen LogP contribution in [0.4, 0.5) is 0 Å². The van der Waals surface area contributed by atoms with E-state index in [0.717, 1.165) is 51.4 Å². The van der Waals surface area contributed by atoms with Gasteiger partial charge in [0.2, 0.25) is 0 Å². The highest BCUT2D eigenvalue weighted by atomic mass is 35.5. The maximum Gasteiger partial charge on any atom is 0.303 e. The summed E-state index contributed by atoms with van der Waals surface area (Å²) < 4.78 is 0. The zero-order valence-corrected chi connectivity index (χ0v) is 17.7. The molecule has 0 heterocycles. The Bertz CT molecular complexity index is 587. The number of hydrogen-bond acceptors (Lipinski definition) is 3. The van der Waals surface area contributed by atoms with Gasteiger partial charge in [0.1, 0.15) is 0 Å². The quantitative estimate of drug-likeness (QED) is 0.191. The topological polar surface area (TPSA) is 77.8 Å². The Labute approximate surface area is 174 Å². The maximum atomic E-state index is 10.6. The van der Waals surface area contributed by atoms with E-state index in [9.17, 15) is 15.0 Å². The molecule has 0 amide bonds. The molecule has 2 saturated carbocycles. The summed E-state index contributed by atoms with van der Waals surface area (Å²) in [6, 6.07) is 0. The van der Waals surface area contributed by atoms with Crippen LogP contribution in [0.25, 0.3) is 0 Å². The Kier molecular flexibility index (Phi) is 9.34. The molecule has 2 aliphatic rings. The first-order chi connectivity index (χ1) is 13.4. The van der Waals surface area contributed by atoms with E-state index < -0.39 is 12.1 Å². The number of halogens is 1. The molecule has 4 nitrogen and oxygen atoms in total. The third-order valence-electron chi connectivity index (χ3n) is 6.48. The molecular weight excluding hydrogens is 376 g/mol. The molecule has 2 rings (SSSR count). The van der Waals surface area contributed by atoms with Crippen LogP contribution in [-0.4, -0.2) is 38.9 Å². The van der Waals surface area contributed by atoms with Gasteiger partial charge in [-0.3, -0.25) is 4.79 Å². The zero-order chi connectivity index (χ0) is 20.6. The predicted molar refractivity (Wildman–Crippen MR) is 112 cm³/mol. The lowest BCUT2D eigenvalue weighted by Gasteiger charge is -2.22. The van der Waals surface area contributed by atoms with Crippen molar-refractivity contribution < 1.29 is 20.1 Å². The second-order valence-electron chi connectivity index (χ2n) is 8.55. The summed E-state index contributed by atoms with van der Waals surface area (Å²) in [5.74, 6) is 5.57. The van der Waals surface area contributed by atoms with Gasteiger partial charge in [-0.1, -0.05) is 31.4 Å². The van der Waals surface area contributed by atoms with Gasteiger partial charge in [-0.25, -0.2) is 0 Å². The predicted octanol–water partition coefficient (Wildman–Crippen LogP) is 4.52. The number of unbranched alkanes of at least 4 members (excludes halogenated alkanes) is 3. The second-order valence-corrected chi connectivity index (χ2v) is 9.11. The van der Waals surface area contributed by atoms with Gasteiger partial charge in [0.05, 0.1) is 12.2 Å². The lowest BCUT2D eigenvalue weighted by atomic mass is 9.88. The maximum absolute atomic E-state index is 10.6. The van der Waals surface area contributed by atoms with Crippen molar-refractivity contribution >= 4 is 17.6 Å². The van der Waals surface area contributed by atoms with Crippen LogP contribution in [0.5, 0.6) is 0 Å². The summed E-state index contributed by atoms with van der Waals surface area (Å²) in [5, 5.41) is 29.6. The Balaban J connectivity index is 1.78. The van der Waals surface area contributed by atoms with Gasteiger partial charge in [0, 0.05) is 29.6 Å². The van der Waals surface area contributed by atoms with Gasteiger partial charge < -0.3 is 15.3 Å². The molecular formula is C23H35ClO4. The SMILES string of the molecule is CC#CCC1(C(O)C/C=C/[C@@H]2[C@@H](CCCCCCC(=O)O)[C@H](Cl)C[C@H]2O)CC1. The van der Waals surface area contributed by atoms with Crippen molar-refractivity contribution in [2.24, 2.45) is 17.3 Å². The van der Waals surface area contributed by atoms with E-state index in [1.165, 1.54) is 0 Å². The van der Waals surface area contributed by atoms with Gasteiger partial charge in [-0.05, 0) is 51.4 Å². The van der Waals surface area contributed by atoms with E-state index in [-0.39, 0.29) is 35.2 Å². The van der Waals surface area contributed by atoms with Crippen LogP contribution in [0, 0.1) is 29.1 Å². The number of rotatable bonds is 12. The highest BCUT2D eigenvalue weighted by Crippen LogP contribution is 2.52. The van der Waals surface area contributed by atoms with Crippen LogP contribution in [0.15, 0.2) is 12.2 Å². The lowest BCUT2D eigenvalue weighted by Crippen LogP contribution is -2.22. The average Bonchev–Trinajstić information content (AvgIpc) is 3.39. The summed E-state index contributed by atoms with van der Waals surface area (Å²) in [7, 11) is 0. The molecule has 3 N–H and O–H groups in total. The van der Waals surface area contributed by atoms with Crippen molar-refractivity contribution in [3.05, 3.63) is 12.2 Å². The van der Waals surface area contributed by atoms with Crippen molar-refractivity contribution in [3.63, 3.8) is 0 Å². The second kappa shape index (κ2) is 11.2. The van der Waals surface area contributed by atoms with Crippen LogP contribution < -0.4 is 0 Å².